The summed E-state index contributed by atoms with van der Waals surface area (Å²) in [5.41, 5.74) is 0. The number of amides is 1. The Bertz CT molecular complexity index is 653. The van der Waals surface area contributed by atoms with Gasteiger partial charge < -0.3 is 9.84 Å². The van der Waals surface area contributed by atoms with Crippen molar-refractivity contribution in [3.63, 3.8) is 0 Å². The van der Waals surface area contributed by atoms with Crippen molar-refractivity contribution in [3.05, 3.63) is 24.5 Å². The van der Waals surface area contributed by atoms with Crippen LogP contribution in [0.3, 0.4) is 0 Å². The number of carbonyl (C=O) groups excluding carboxylic acids is 1. The first-order valence-corrected chi connectivity index (χ1v) is 8.46. The van der Waals surface area contributed by atoms with Crippen molar-refractivity contribution < 1.29 is 9.32 Å². The highest BCUT2D eigenvalue weighted by Crippen LogP contribution is 2.22. The van der Waals surface area contributed by atoms with E-state index in [9.17, 15) is 4.79 Å². The molecule has 8 nitrogen and oxygen atoms in total. The Labute approximate surface area is 141 Å². The standard InChI is InChI=1S/C16H24N6O2/c1-3-14(16(23)19-15-7-12(2)24-20-15)21-6-4-5-13(8-21)9-22-11-17-10-18-22/h7,10-11,13-14H,3-6,8-9H2,1-2H3,(H,19,20,23). The van der Waals surface area contributed by atoms with Gasteiger partial charge in [-0.1, -0.05) is 12.1 Å². The smallest absolute Gasteiger partial charge is 0.242 e. The number of rotatable bonds is 6. The number of anilines is 1. The van der Waals surface area contributed by atoms with Gasteiger partial charge in [0.15, 0.2) is 5.82 Å². The fraction of sp³-hybridized carbons (Fsp3) is 0.625. The minimum absolute atomic E-state index is 0.0211. The van der Waals surface area contributed by atoms with Crippen LogP contribution in [0.2, 0.25) is 0 Å². The molecule has 1 fully saturated rings. The second-order valence-corrected chi connectivity index (χ2v) is 6.36. The third-order valence-corrected chi connectivity index (χ3v) is 4.47. The van der Waals surface area contributed by atoms with Crippen molar-refractivity contribution in [2.45, 2.75) is 45.7 Å². The Kier molecular flexibility index (Phi) is 5.24. The highest BCUT2D eigenvalue weighted by molar-refractivity contribution is 5.93. The normalized spacial score (nSPS) is 20.0. The van der Waals surface area contributed by atoms with Gasteiger partial charge in [0.05, 0.1) is 6.04 Å². The zero-order chi connectivity index (χ0) is 16.9. The minimum atomic E-state index is -0.152. The molecule has 0 aliphatic carbocycles. The third kappa shape index (κ3) is 4.00. The second kappa shape index (κ2) is 7.57. The van der Waals surface area contributed by atoms with Crippen LogP contribution in [0.5, 0.6) is 0 Å². The van der Waals surface area contributed by atoms with E-state index in [0.29, 0.717) is 17.5 Å². The Hall–Kier alpha value is -2.22. The predicted molar refractivity (Wildman–Crippen MR) is 88.3 cm³/mol. The van der Waals surface area contributed by atoms with Crippen LogP contribution < -0.4 is 5.32 Å². The van der Waals surface area contributed by atoms with Gasteiger partial charge in [-0.15, -0.1) is 0 Å². The molecule has 1 N–H and O–H groups in total. The van der Waals surface area contributed by atoms with E-state index < -0.39 is 0 Å². The molecule has 1 aliphatic heterocycles. The van der Waals surface area contributed by atoms with Crippen LogP contribution in [0, 0.1) is 12.8 Å². The van der Waals surface area contributed by atoms with Gasteiger partial charge in [0.1, 0.15) is 18.4 Å². The van der Waals surface area contributed by atoms with Gasteiger partial charge in [0.25, 0.3) is 0 Å². The zero-order valence-corrected chi connectivity index (χ0v) is 14.2. The lowest BCUT2D eigenvalue weighted by Crippen LogP contribution is -2.49. The van der Waals surface area contributed by atoms with Gasteiger partial charge >= 0.3 is 0 Å². The summed E-state index contributed by atoms with van der Waals surface area (Å²) >= 11 is 0. The molecule has 3 heterocycles. The van der Waals surface area contributed by atoms with E-state index in [4.69, 9.17) is 4.52 Å². The molecule has 130 valence electrons. The lowest BCUT2D eigenvalue weighted by Gasteiger charge is -2.37. The van der Waals surface area contributed by atoms with Crippen molar-refractivity contribution in [1.29, 1.82) is 0 Å². The summed E-state index contributed by atoms with van der Waals surface area (Å²) in [7, 11) is 0. The molecule has 0 bridgehead atoms. The summed E-state index contributed by atoms with van der Waals surface area (Å²) in [6.07, 6.45) is 6.31. The van der Waals surface area contributed by atoms with Gasteiger partial charge in [-0.3, -0.25) is 14.4 Å². The lowest BCUT2D eigenvalue weighted by molar-refractivity contribution is -0.122. The number of carbonyl (C=O) groups is 1. The second-order valence-electron chi connectivity index (χ2n) is 6.36. The molecule has 1 saturated heterocycles. The van der Waals surface area contributed by atoms with E-state index in [2.05, 4.69) is 25.5 Å². The van der Waals surface area contributed by atoms with Crippen LogP contribution in [0.15, 0.2) is 23.2 Å². The van der Waals surface area contributed by atoms with E-state index in [-0.39, 0.29) is 11.9 Å². The minimum Gasteiger partial charge on any atom is -0.360 e. The van der Waals surface area contributed by atoms with Crippen LogP contribution in [0.25, 0.3) is 0 Å². The first-order chi connectivity index (χ1) is 11.7. The molecule has 3 rings (SSSR count). The van der Waals surface area contributed by atoms with Gasteiger partial charge in [-0.2, -0.15) is 5.10 Å². The molecule has 0 spiro atoms. The zero-order valence-electron chi connectivity index (χ0n) is 14.2. The molecule has 0 saturated carbocycles. The van der Waals surface area contributed by atoms with Crippen molar-refractivity contribution >= 4 is 11.7 Å². The number of nitrogens with zero attached hydrogens (tertiary/aromatic N) is 5. The molecule has 2 aromatic heterocycles. The molecule has 2 unspecified atom stereocenters. The van der Waals surface area contributed by atoms with Gasteiger partial charge in [-0.05, 0) is 38.6 Å². The Balaban J connectivity index is 1.60. The molecule has 0 aromatic carbocycles. The number of hydrogen-bond donors (Lipinski definition) is 1. The predicted octanol–water partition coefficient (Wildman–Crippen LogP) is 1.70. The topological polar surface area (TPSA) is 89.1 Å². The van der Waals surface area contributed by atoms with Crippen molar-refractivity contribution in [3.8, 4) is 0 Å². The van der Waals surface area contributed by atoms with Crippen LogP contribution >= 0.6 is 0 Å². The molecular formula is C16H24N6O2. The number of piperidine rings is 1. The first-order valence-electron chi connectivity index (χ1n) is 8.46. The lowest BCUT2D eigenvalue weighted by atomic mass is 9.96. The number of aromatic nitrogens is 4. The SMILES string of the molecule is CCC(C(=O)Nc1cc(C)on1)N1CCCC(Cn2cncn2)C1. The average molecular weight is 332 g/mol. The van der Waals surface area contributed by atoms with Crippen molar-refractivity contribution in [2.75, 3.05) is 18.4 Å². The molecule has 0 radical (unpaired) electrons. The van der Waals surface area contributed by atoms with Crippen LogP contribution in [-0.4, -0.2) is 49.9 Å². The van der Waals surface area contributed by atoms with Crippen LogP contribution in [0.4, 0.5) is 5.82 Å². The van der Waals surface area contributed by atoms with E-state index >= 15 is 0 Å². The van der Waals surface area contributed by atoms with Crippen LogP contribution in [-0.2, 0) is 11.3 Å². The van der Waals surface area contributed by atoms with E-state index in [1.165, 1.54) is 0 Å². The monoisotopic (exact) mass is 332 g/mol. The van der Waals surface area contributed by atoms with Crippen LogP contribution in [0.1, 0.15) is 31.9 Å². The largest absolute Gasteiger partial charge is 0.360 e. The fourth-order valence-corrected chi connectivity index (χ4v) is 3.37. The van der Waals surface area contributed by atoms with E-state index in [1.54, 1.807) is 25.6 Å². The van der Waals surface area contributed by atoms with E-state index in [1.807, 2.05) is 11.6 Å². The summed E-state index contributed by atoms with van der Waals surface area (Å²) in [4.78, 5) is 18.9. The van der Waals surface area contributed by atoms with Crippen molar-refractivity contribution in [2.24, 2.45) is 5.92 Å². The van der Waals surface area contributed by atoms with Gasteiger partial charge in [0.2, 0.25) is 5.91 Å². The summed E-state index contributed by atoms with van der Waals surface area (Å²) in [6.45, 7) is 6.52. The molecule has 2 atom stereocenters. The molecule has 2 aromatic rings. The highest BCUT2D eigenvalue weighted by atomic mass is 16.5. The third-order valence-electron chi connectivity index (χ3n) is 4.47. The number of nitrogens with one attached hydrogen (secondary N) is 1. The number of hydrogen-bond acceptors (Lipinski definition) is 6. The number of likely N-dealkylation sites (tertiary alicyclic amines) is 1. The molecule has 1 amide bonds. The Morgan fingerprint density at radius 3 is 3.08 bits per heavy atom. The van der Waals surface area contributed by atoms with E-state index in [0.717, 1.165) is 38.9 Å². The van der Waals surface area contributed by atoms with Gasteiger partial charge in [-0.25, -0.2) is 4.98 Å². The molecular weight excluding hydrogens is 308 g/mol. The average Bonchev–Trinajstić information content (AvgIpc) is 3.20. The molecule has 24 heavy (non-hydrogen) atoms. The molecule has 1 aliphatic rings. The van der Waals surface area contributed by atoms with Gasteiger partial charge in [0, 0.05) is 19.2 Å². The Morgan fingerprint density at radius 2 is 2.42 bits per heavy atom. The number of aryl methyl sites for hydroxylation is 1. The molecule has 8 heteroatoms. The Morgan fingerprint density at radius 1 is 1.54 bits per heavy atom. The first kappa shape index (κ1) is 16.6. The fourth-order valence-electron chi connectivity index (χ4n) is 3.37. The highest BCUT2D eigenvalue weighted by Gasteiger charge is 2.30. The summed E-state index contributed by atoms with van der Waals surface area (Å²) in [5, 5.41) is 10.9. The maximum Gasteiger partial charge on any atom is 0.242 e. The summed E-state index contributed by atoms with van der Waals surface area (Å²) in [6, 6.07) is 1.58. The summed E-state index contributed by atoms with van der Waals surface area (Å²) in [5.74, 6) is 1.63. The van der Waals surface area contributed by atoms with Crippen molar-refractivity contribution in [1.82, 2.24) is 24.8 Å². The maximum absolute atomic E-state index is 12.6. The summed E-state index contributed by atoms with van der Waals surface area (Å²) < 4.78 is 6.87. The quantitative estimate of drug-likeness (QED) is 0.866. The maximum atomic E-state index is 12.6.